The summed E-state index contributed by atoms with van der Waals surface area (Å²) in [5.74, 6) is -0.892. The van der Waals surface area contributed by atoms with Crippen molar-refractivity contribution in [2.24, 2.45) is 0 Å². The number of benzene rings is 1. The molecule has 6 nitrogen and oxygen atoms in total. The Hall–Kier alpha value is -1.89. The molecule has 1 aromatic rings. The number of nitrogens with one attached hydrogen (secondary N) is 1. The highest BCUT2D eigenvalue weighted by Crippen LogP contribution is 2.37. The van der Waals surface area contributed by atoms with Crippen molar-refractivity contribution in [1.82, 2.24) is 5.32 Å². The Morgan fingerprint density at radius 1 is 1.39 bits per heavy atom. The van der Waals surface area contributed by atoms with Gasteiger partial charge >= 0.3 is 0 Å². The minimum Gasteiger partial charge on any atom is -0.504 e. The minimum atomic E-state index is -0.522. The highest BCUT2D eigenvalue weighted by atomic mass is 32.2. The van der Waals surface area contributed by atoms with Gasteiger partial charge in [-0.25, -0.2) is 0 Å². The number of carbonyl (C=O) groups is 2. The molecule has 0 aromatic heterocycles. The zero-order valence-electron chi connectivity index (χ0n) is 9.47. The first-order chi connectivity index (χ1) is 8.51. The van der Waals surface area contributed by atoms with E-state index in [4.69, 9.17) is 4.74 Å². The number of hydrogen-bond donors (Lipinski definition) is 3. The quantitative estimate of drug-likeness (QED) is 0.708. The van der Waals surface area contributed by atoms with Gasteiger partial charge in [0.2, 0.25) is 11.7 Å². The SMILES string of the molecule is COc1cc(CC2SC(=O)NC2=O)cc(O)c1O. The van der Waals surface area contributed by atoms with Crippen LogP contribution in [0.15, 0.2) is 12.1 Å². The Kier molecular flexibility index (Phi) is 3.33. The summed E-state index contributed by atoms with van der Waals surface area (Å²) in [6.45, 7) is 0. The number of hydrogen-bond acceptors (Lipinski definition) is 6. The molecule has 3 N–H and O–H groups in total. The lowest BCUT2D eigenvalue weighted by molar-refractivity contribution is -0.118. The van der Waals surface area contributed by atoms with Crippen LogP contribution in [0, 0.1) is 0 Å². The second-order valence-corrected chi connectivity index (χ2v) is 4.93. The zero-order valence-corrected chi connectivity index (χ0v) is 10.3. The van der Waals surface area contributed by atoms with Gasteiger partial charge in [0.25, 0.3) is 5.24 Å². The van der Waals surface area contributed by atoms with Crippen LogP contribution >= 0.6 is 11.8 Å². The van der Waals surface area contributed by atoms with Crippen molar-refractivity contribution in [1.29, 1.82) is 0 Å². The van der Waals surface area contributed by atoms with Crippen molar-refractivity contribution in [3.63, 3.8) is 0 Å². The Labute approximate surface area is 107 Å². The second kappa shape index (κ2) is 4.77. The van der Waals surface area contributed by atoms with Crippen molar-refractivity contribution < 1.29 is 24.5 Å². The molecule has 1 saturated heterocycles. The molecular weight excluding hydrogens is 258 g/mol. The largest absolute Gasteiger partial charge is 0.504 e. The smallest absolute Gasteiger partial charge is 0.286 e. The van der Waals surface area contributed by atoms with Gasteiger partial charge in [0.15, 0.2) is 11.5 Å². The number of phenolic OH excluding ortho intramolecular Hbond substituents is 2. The number of methoxy groups -OCH3 is 1. The van der Waals surface area contributed by atoms with Crippen molar-refractivity contribution >= 4 is 22.9 Å². The maximum absolute atomic E-state index is 11.4. The number of imide groups is 1. The summed E-state index contributed by atoms with van der Waals surface area (Å²) in [6, 6.07) is 2.86. The summed E-state index contributed by atoms with van der Waals surface area (Å²) in [5, 5.41) is 20.2. The number of aromatic hydroxyl groups is 2. The molecule has 1 heterocycles. The molecule has 0 bridgehead atoms. The van der Waals surface area contributed by atoms with Crippen LogP contribution in [0.25, 0.3) is 0 Å². The highest BCUT2D eigenvalue weighted by molar-refractivity contribution is 8.15. The van der Waals surface area contributed by atoms with Crippen LogP contribution in [-0.4, -0.2) is 33.7 Å². The van der Waals surface area contributed by atoms with Gasteiger partial charge in [0.1, 0.15) is 0 Å². The summed E-state index contributed by atoms with van der Waals surface area (Å²) >= 11 is 0.907. The number of carbonyl (C=O) groups excluding carboxylic acids is 2. The molecule has 18 heavy (non-hydrogen) atoms. The van der Waals surface area contributed by atoms with Crippen LogP contribution in [0.3, 0.4) is 0 Å². The van der Waals surface area contributed by atoms with Crippen LogP contribution in [-0.2, 0) is 11.2 Å². The average molecular weight is 269 g/mol. The van der Waals surface area contributed by atoms with Gasteiger partial charge in [-0.2, -0.15) is 0 Å². The molecule has 0 spiro atoms. The van der Waals surface area contributed by atoms with E-state index in [-0.39, 0.29) is 34.8 Å². The van der Waals surface area contributed by atoms with Gasteiger partial charge in [-0.15, -0.1) is 0 Å². The third-order valence-corrected chi connectivity index (χ3v) is 3.50. The molecule has 2 rings (SSSR count). The molecule has 0 saturated carbocycles. The summed E-state index contributed by atoms with van der Waals surface area (Å²) in [4.78, 5) is 22.4. The Morgan fingerprint density at radius 2 is 2.11 bits per heavy atom. The van der Waals surface area contributed by atoms with Crippen molar-refractivity contribution in [2.45, 2.75) is 11.7 Å². The lowest BCUT2D eigenvalue weighted by atomic mass is 10.1. The zero-order chi connectivity index (χ0) is 13.3. The molecule has 1 atom stereocenters. The van der Waals surface area contributed by atoms with E-state index in [0.717, 1.165) is 11.8 Å². The van der Waals surface area contributed by atoms with Crippen LogP contribution < -0.4 is 10.1 Å². The van der Waals surface area contributed by atoms with Gasteiger partial charge in [-0.3, -0.25) is 14.9 Å². The van der Waals surface area contributed by atoms with Gasteiger partial charge in [0.05, 0.1) is 12.4 Å². The molecule has 1 aromatic carbocycles. The lowest BCUT2D eigenvalue weighted by Crippen LogP contribution is -2.25. The fourth-order valence-electron chi connectivity index (χ4n) is 1.66. The summed E-state index contributed by atoms with van der Waals surface area (Å²) < 4.78 is 4.89. The standard InChI is InChI=1S/C11H11NO5S/c1-17-7-3-5(2-6(13)9(7)14)4-8-10(15)12-11(16)18-8/h2-3,8,13-14H,4H2,1H3,(H,12,15,16). The highest BCUT2D eigenvalue weighted by Gasteiger charge is 2.31. The van der Waals surface area contributed by atoms with Crippen LogP contribution in [0.1, 0.15) is 5.56 Å². The first kappa shape index (κ1) is 12.6. The number of amides is 2. The van der Waals surface area contributed by atoms with Gasteiger partial charge in [-0.1, -0.05) is 11.8 Å². The fraction of sp³-hybridized carbons (Fsp3) is 0.273. The minimum absolute atomic E-state index is 0.125. The third-order valence-electron chi connectivity index (χ3n) is 2.52. The average Bonchev–Trinajstić information content (AvgIpc) is 2.62. The molecule has 2 amide bonds. The van der Waals surface area contributed by atoms with Gasteiger partial charge < -0.3 is 14.9 Å². The number of rotatable bonds is 3. The summed E-state index contributed by atoms with van der Waals surface area (Å²) in [7, 11) is 1.36. The van der Waals surface area contributed by atoms with Crippen molar-refractivity contribution in [3.8, 4) is 17.2 Å². The van der Waals surface area contributed by atoms with E-state index >= 15 is 0 Å². The number of phenols is 2. The van der Waals surface area contributed by atoms with E-state index in [1.807, 2.05) is 0 Å². The second-order valence-electron chi connectivity index (χ2n) is 3.75. The van der Waals surface area contributed by atoms with Gasteiger partial charge in [0, 0.05) is 0 Å². The van der Waals surface area contributed by atoms with E-state index in [1.54, 1.807) is 0 Å². The van der Waals surface area contributed by atoms with E-state index in [1.165, 1.54) is 19.2 Å². The fourth-order valence-corrected chi connectivity index (χ4v) is 2.52. The maximum Gasteiger partial charge on any atom is 0.286 e. The molecule has 96 valence electrons. The Morgan fingerprint density at radius 3 is 2.67 bits per heavy atom. The van der Waals surface area contributed by atoms with Gasteiger partial charge in [-0.05, 0) is 24.1 Å². The molecule has 1 aliphatic heterocycles. The van der Waals surface area contributed by atoms with E-state index < -0.39 is 5.25 Å². The number of thioether (sulfide) groups is 1. The van der Waals surface area contributed by atoms with Crippen LogP contribution in [0.5, 0.6) is 17.2 Å². The third kappa shape index (κ3) is 2.35. The first-order valence-corrected chi connectivity index (χ1v) is 5.99. The maximum atomic E-state index is 11.4. The first-order valence-electron chi connectivity index (χ1n) is 5.11. The summed E-state index contributed by atoms with van der Waals surface area (Å²) in [6.07, 6.45) is 0.270. The predicted octanol–water partition coefficient (Wildman–Crippen LogP) is 1.00. The lowest BCUT2D eigenvalue weighted by Gasteiger charge is -2.10. The molecule has 0 aliphatic carbocycles. The Bertz CT molecular complexity index is 516. The van der Waals surface area contributed by atoms with Crippen molar-refractivity contribution in [2.75, 3.05) is 7.11 Å². The molecule has 1 aliphatic rings. The van der Waals surface area contributed by atoms with Crippen molar-refractivity contribution in [3.05, 3.63) is 17.7 Å². The predicted molar refractivity (Wildman–Crippen MR) is 64.9 cm³/mol. The molecule has 0 radical (unpaired) electrons. The monoisotopic (exact) mass is 269 g/mol. The van der Waals surface area contributed by atoms with Crippen LogP contribution in [0.4, 0.5) is 4.79 Å². The molecule has 1 fully saturated rings. The molecular formula is C11H11NO5S. The normalized spacial score (nSPS) is 18.8. The number of ether oxygens (including phenoxy) is 1. The van der Waals surface area contributed by atoms with Crippen LogP contribution in [0.2, 0.25) is 0 Å². The topological polar surface area (TPSA) is 95.9 Å². The molecule has 7 heteroatoms. The van der Waals surface area contributed by atoms with E-state index in [0.29, 0.717) is 5.56 Å². The van der Waals surface area contributed by atoms with E-state index in [2.05, 4.69) is 5.32 Å². The summed E-state index contributed by atoms with van der Waals surface area (Å²) in [5.41, 5.74) is 0.601. The Balaban J connectivity index is 2.22. The van der Waals surface area contributed by atoms with E-state index in [9.17, 15) is 19.8 Å². The molecule has 1 unspecified atom stereocenters.